The summed E-state index contributed by atoms with van der Waals surface area (Å²) in [5.74, 6) is 2.30. The van der Waals surface area contributed by atoms with Gasteiger partial charge in [0.05, 0.1) is 7.11 Å². The van der Waals surface area contributed by atoms with Crippen molar-refractivity contribution in [3.63, 3.8) is 0 Å². The number of rotatable bonds is 6. The van der Waals surface area contributed by atoms with Crippen LogP contribution in [0.3, 0.4) is 0 Å². The molecule has 1 saturated carbocycles. The lowest BCUT2D eigenvalue weighted by atomic mass is 9.69. The van der Waals surface area contributed by atoms with Crippen LogP contribution < -0.4 is 10.1 Å². The Morgan fingerprint density at radius 1 is 1.39 bits per heavy atom. The summed E-state index contributed by atoms with van der Waals surface area (Å²) < 4.78 is 5.45. The van der Waals surface area contributed by atoms with E-state index in [2.05, 4.69) is 18.3 Å². The summed E-state index contributed by atoms with van der Waals surface area (Å²) in [5, 5.41) is 4.32. The molecule has 0 heterocycles. The minimum atomic E-state index is 0.600. The van der Waals surface area contributed by atoms with Crippen LogP contribution in [0.2, 0.25) is 5.02 Å². The van der Waals surface area contributed by atoms with Gasteiger partial charge in [-0.15, -0.1) is 0 Å². The summed E-state index contributed by atoms with van der Waals surface area (Å²) >= 11 is 6.10. The number of hydrogen-bond acceptors (Lipinski definition) is 2. The summed E-state index contributed by atoms with van der Waals surface area (Å²) in [5.41, 5.74) is 1.28. The highest BCUT2D eigenvalue weighted by Gasteiger charge is 2.33. The summed E-state index contributed by atoms with van der Waals surface area (Å²) in [6, 6.07) is 5.94. The van der Waals surface area contributed by atoms with Crippen molar-refractivity contribution in [1.29, 1.82) is 0 Å². The van der Waals surface area contributed by atoms with Crippen LogP contribution in [-0.4, -0.2) is 20.2 Å². The second kappa shape index (κ2) is 6.44. The molecular weight excluding hydrogens is 246 g/mol. The fourth-order valence-corrected chi connectivity index (χ4v) is 2.86. The fraction of sp³-hybridized carbons (Fsp3) is 0.600. The van der Waals surface area contributed by atoms with E-state index in [9.17, 15) is 0 Å². The minimum absolute atomic E-state index is 0.600. The molecule has 0 aliphatic heterocycles. The number of nitrogens with one attached hydrogen (secondary N) is 1. The first kappa shape index (κ1) is 13.7. The lowest BCUT2D eigenvalue weighted by molar-refractivity contribution is 0.240. The van der Waals surface area contributed by atoms with E-state index >= 15 is 0 Å². The first-order chi connectivity index (χ1) is 8.76. The van der Waals surface area contributed by atoms with Crippen LogP contribution in [0.15, 0.2) is 18.2 Å². The zero-order valence-electron chi connectivity index (χ0n) is 11.2. The van der Waals surface area contributed by atoms with Crippen molar-refractivity contribution in [2.24, 2.45) is 5.92 Å². The third-order valence-electron chi connectivity index (χ3n) is 3.84. The third-order valence-corrected chi connectivity index (χ3v) is 4.08. The van der Waals surface area contributed by atoms with Gasteiger partial charge in [-0.25, -0.2) is 0 Å². The Kier molecular flexibility index (Phi) is 4.90. The van der Waals surface area contributed by atoms with Crippen LogP contribution in [0.5, 0.6) is 5.75 Å². The molecule has 1 aliphatic carbocycles. The standard InChI is InChI=1S/C15H22ClNO/c1-3-8-17-10-11-4-6-13(11)14-9-12(16)5-7-15(14)18-2/h5,7,9,11,13,17H,3-4,6,8,10H2,1-2H3. The highest BCUT2D eigenvalue weighted by Crippen LogP contribution is 2.46. The molecule has 0 spiro atoms. The highest BCUT2D eigenvalue weighted by atomic mass is 35.5. The molecule has 3 heteroatoms. The van der Waals surface area contributed by atoms with Crippen molar-refractivity contribution >= 4 is 11.6 Å². The lowest BCUT2D eigenvalue weighted by Gasteiger charge is -2.38. The van der Waals surface area contributed by atoms with Gasteiger partial charge in [-0.2, -0.15) is 0 Å². The quantitative estimate of drug-likeness (QED) is 0.791. The molecule has 2 unspecified atom stereocenters. The molecule has 1 fully saturated rings. The summed E-state index contributed by atoms with van der Waals surface area (Å²) in [6.07, 6.45) is 3.74. The van der Waals surface area contributed by atoms with E-state index in [1.165, 1.54) is 24.8 Å². The highest BCUT2D eigenvalue weighted by molar-refractivity contribution is 6.30. The Hall–Kier alpha value is -0.730. The summed E-state index contributed by atoms with van der Waals surface area (Å²) in [6.45, 7) is 4.41. The van der Waals surface area contributed by atoms with Crippen LogP contribution in [0.25, 0.3) is 0 Å². The molecule has 1 aliphatic rings. The van der Waals surface area contributed by atoms with Gasteiger partial charge in [-0.05, 0) is 68.0 Å². The summed E-state index contributed by atoms with van der Waals surface area (Å²) in [4.78, 5) is 0. The number of halogens is 1. The van der Waals surface area contributed by atoms with Crippen LogP contribution in [0.4, 0.5) is 0 Å². The van der Waals surface area contributed by atoms with Crippen molar-refractivity contribution in [3.05, 3.63) is 28.8 Å². The zero-order valence-corrected chi connectivity index (χ0v) is 12.0. The molecule has 1 N–H and O–H groups in total. The van der Waals surface area contributed by atoms with E-state index in [4.69, 9.17) is 16.3 Å². The molecule has 2 atom stereocenters. The number of hydrogen-bond donors (Lipinski definition) is 1. The average Bonchev–Trinajstić information content (AvgIpc) is 2.33. The minimum Gasteiger partial charge on any atom is -0.496 e. The number of benzene rings is 1. The van der Waals surface area contributed by atoms with Crippen LogP contribution in [0.1, 0.15) is 37.7 Å². The van der Waals surface area contributed by atoms with E-state index in [-0.39, 0.29) is 0 Å². The Morgan fingerprint density at radius 2 is 2.22 bits per heavy atom. The van der Waals surface area contributed by atoms with E-state index in [0.29, 0.717) is 5.92 Å². The fourth-order valence-electron chi connectivity index (χ4n) is 2.68. The van der Waals surface area contributed by atoms with Crippen molar-refractivity contribution in [1.82, 2.24) is 5.32 Å². The molecule has 1 aromatic rings. The van der Waals surface area contributed by atoms with Gasteiger partial charge in [0, 0.05) is 5.02 Å². The van der Waals surface area contributed by atoms with Gasteiger partial charge in [0.2, 0.25) is 0 Å². The van der Waals surface area contributed by atoms with Gasteiger partial charge in [0.15, 0.2) is 0 Å². The zero-order chi connectivity index (χ0) is 13.0. The van der Waals surface area contributed by atoms with Gasteiger partial charge in [0.25, 0.3) is 0 Å². The predicted molar refractivity (Wildman–Crippen MR) is 76.6 cm³/mol. The van der Waals surface area contributed by atoms with E-state index in [1.54, 1.807) is 7.11 Å². The maximum Gasteiger partial charge on any atom is 0.122 e. The molecule has 0 amide bonds. The van der Waals surface area contributed by atoms with Crippen molar-refractivity contribution in [3.8, 4) is 5.75 Å². The molecular formula is C15H22ClNO. The van der Waals surface area contributed by atoms with Crippen LogP contribution in [-0.2, 0) is 0 Å². The van der Waals surface area contributed by atoms with Crippen LogP contribution in [0, 0.1) is 5.92 Å². The second-order valence-electron chi connectivity index (χ2n) is 5.03. The molecule has 2 rings (SSSR count). The Morgan fingerprint density at radius 3 is 2.83 bits per heavy atom. The van der Waals surface area contributed by atoms with Gasteiger partial charge >= 0.3 is 0 Å². The topological polar surface area (TPSA) is 21.3 Å². The van der Waals surface area contributed by atoms with Crippen molar-refractivity contribution in [2.75, 3.05) is 20.2 Å². The molecule has 100 valence electrons. The van der Waals surface area contributed by atoms with E-state index in [1.807, 2.05) is 12.1 Å². The molecule has 18 heavy (non-hydrogen) atoms. The molecule has 0 bridgehead atoms. The Bertz CT molecular complexity index is 394. The Labute approximate surface area is 115 Å². The van der Waals surface area contributed by atoms with Gasteiger partial charge in [-0.1, -0.05) is 18.5 Å². The van der Waals surface area contributed by atoms with E-state index < -0.39 is 0 Å². The number of ether oxygens (including phenoxy) is 1. The SMILES string of the molecule is CCCNCC1CCC1c1cc(Cl)ccc1OC. The smallest absolute Gasteiger partial charge is 0.122 e. The number of methoxy groups -OCH3 is 1. The third kappa shape index (κ3) is 2.99. The van der Waals surface area contributed by atoms with Crippen molar-refractivity contribution in [2.45, 2.75) is 32.1 Å². The van der Waals surface area contributed by atoms with Crippen LogP contribution >= 0.6 is 11.6 Å². The first-order valence-electron chi connectivity index (χ1n) is 6.80. The monoisotopic (exact) mass is 267 g/mol. The summed E-state index contributed by atoms with van der Waals surface area (Å²) in [7, 11) is 1.73. The molecule has 0 radical (unpaired) electrons. The van der Waals surface area contributed by atoms with Gasteiger partial charge in [0.1, 0.15) is 5.75 Å². The van der Waals surface area contributed by atoms with E-state index in [0.717, 1.165) is 29.8 Å². The van der Waals surface area contributed by atoms with Gasteiger partial charge in [-0.3, -0.25) is 0 Å². The normalized spacial score (nSPS) is 22.6. The van der Waals surface area contributed by atoms with Crippen molar-refractivity contribution < 1.29 is 4.74 Å². The Balaban J connectivity index is 2.04. The van der Waals surface area contributed by atoms with Gasteiger partial charge < -0.3 is 10.1 Å². The largest absolute Gasteiger partial charge is 0.496 e. The second-order valence-corrected chi connectivity index (χ2v) is 5.47. The maximum absolute atomic E-state index is 6.10. The maximum atomic E-state index is 6.10. The lowest BCUT2D eigenvalue weighted by Crippen LogP contribution is -2.34. The predicted octanol–water partition coefficient (Wildman–Crippen LogP) is 3.84. The molecule has 0 saturated heterocycles. The molecule has 1 aromatic carbocycles. The molecule has 2 nitrogen and oxygen atoms in total. The molecule has 0 aromatic heterocycles. The average molecular weight is 268 g/mol. The first-order valence-corrected chi connectivity index (χ1v) is 7.18.